The van der Waals surface area contributed by atoms with E-state index in [2.05, 4.69) is 18.8 Å². The highest BCUT2D eigenvalue weighted by atomic mass is 32.1. The molecule has 2 aromatic rings. The Hall–Kier alpha value is -1.66. The van der Waals surface area contributed by atoms with E-state index in [1.165, 1.54) is 0 Å². The minimum atomic E-state index is 0.0601. The van der Waals surface area contributed by atoms with Gasteiger partial charge in [-0.2, -0.15) is 0 Å². The van der Waals surface area contributed by atoms with Gasteiger partial charge in [0.1, 0.15) is 5.76 Å². The van der Waals surface area contributed by atoms with Gasteiger partial charge < -0.3 is 14.1 Å². The molecule has 0 unspecified atom stereocenters. The average molecular weight is 336 g/mol. The molecule has 0 aliphatic carbocycles. The monoisotopic (exact) mass is 336 g/mol. The number of thiophene rings is 1. The van der Waals surface area contributed by atoms with Crippen molar-refractivity contribution in [3.8, 4) is 10.8 Å². The van der Waals surface area contributed by atoms with Crippen molar-refractivity contribution in [1.82, 2.24) is 9.88 Å². The third kappa shape index (κ3) is 4.91. The van der Waals surface area contributed by atoms with E-state index in [1.807, 2.05) is 29.3 Å². The molecular formula is C17H24N2O3S. The van der Waals surface area contributed by atoms with Crippen LogP contribution >= 0.6 is 11.3 Å². The van der Waals surface area contributed by atoms with Gasteiger partial charge in [0.15, 0.2) is 0 Å². The number of ether oxygens (including phenoxy) is 1. The molecule has 2 rings (SSSR count). The first kappa shape index (κ1) is 17.7. The molecule has 0 atom stereocenters. The van der Waals surface area contributed by atoms with Gasteiger partial charge in [0.25, 0.3) is 0 Å². The normalized spacial score (nSPS) is 11.2. The zero-order valence-corrected chi connectivity index (χ0v) is 15.0. The largest absolute Gasteiger partial charge is 0.440 e. The van der Waals surface area contributed by atoms with Gasteiger partial charge >= 0.3 is 0 Å². The summed E-state index contributed by atoms with van der Waals surface area (Å²) < 4.78 is 10.8. The van der Waals surface area contributed by atoms with E-state index in [4.69, 9.17) is 9.15 Å². The molecule has 126 valence electrons. The van der Waals surface area contributed by atoms with Gasteiger partial charge in [0, 0.05) is 20.2 Å². The van der Waals surface area contributed by atoms with Crippen LogP contribution in [0.3, 0.4) is 0 Å². The summed E-state index contributed by atoms with van der Waals surface area (Å²) in [5.41, 5.74) is 0.713. The molecule has 5 nitrogen and oxygen atoms in total. The zero-order chi connectivity index (χ0) is 16.8. The number of carbonyl (C=O) groups is 1. The summed E-state index contributed by atoms with van der Waals surface area (Å²) in [4.78, 5) is 19.9. The van der Waals surface area contributed by atoms with Gasteiger partial charge in [-0.3, -0.25) is 4.79 Å². The van der Waals surface area contributed by atoms with Gasteiger partial charge in [0.05, 0.1) is 23.6 Å². The number of carbonyl (C=O) groups excluding carboxylic acids is 1. The van der Waals surface area contributed by atoms with E-state index in [0.717, 1.165) is 11.4 Å². The van der Waals surface area contributed by atoms with Crippen molar-refractivity contribution < 1.29 is 13.9 Å². The number of hydrogen-bond acceptors (Lipinski definition) is 5. The number of methoxy groups -OCH3 is 1. The van der Waals surface area contributed by atoms with Crippen molar-refractivity contribution in [2.45, 2.75) is 27.2 Å². The highest BCUT2D eigenvalue weighted by molar-refractivity contribution is 7.13. The fraction of sp³-hybridized carbons (Fsp3) is 0.529. The Morgan fingerprint density at radius 2 is 2.26 bits per heavy atom. The Bertz CT molecular complexity index is 620. The first-order chi connectivity index (χ1) is 11.0. The van der Waals surface area contributed by atoms with E-state index in [-0.39, 0.29) is 12.3 Å². The smallest absolute Gasteiger partial charge is 0.236 e. The van der Waals surface area contributed by atoms with Crippen LogP contribution in [-0.4, -0.2) is 42.6 Å². The summed E-state index contributed by atoms with van der Waals surface area (Å²) in [5.74, 6) is 1.77. The number of amides is 1. The lowest BCUT2D eigenvalue weighted by molar-refractivity contribution is -0.131. The van der Waals surface area contributed by atoms with E-state index < -0.39 is 0 Å². The third-order valence-corrected chi connectivity index (χ3v) is 4.30. The third-order valence-electron chi connectivity index (χ3n) is 3.45. The second-order valence-corrected chi connectivity index (χ2v) is 6.85. The van der Waals surface area contributed by atoms with E-state index in [9.17, 15) is 4.79 Å². The van der Waals surface area contributed by atoms with Crippen LogP contribution in [0.25, 0.3) is 10.8 Å². The summed E-state index contributed by atoms with van der Waals surface area (Å²) >= 11 is 1.57. The molecular weight excluding hydrogens is 312 g/mol. The van der Waals surface area contributed by atoms with Crippen LogP contribution < -0.4 is 0 Å². The Morgan fingerprint density at radius 1 is 1.48 bits per heavy atom. The van der Waals surface area contributed by atoms with Crippen molar-refractivity contribution in [3.05, 3.63) is 29.0 Å². The summed E-state index contributed by atoms with van der Waals surface area (Å²) in [6, 6.07) is 3.92. The maximum absolute atomic E-state index is 12.6. The van der Waals surface area contributed by atoms with Crippen LogP contribution in [0, 0.1) is 12.8 Å². The summed E-state index contributed by atoms with van der Waals surface area (Å²) in [5, 5.41) is 1.98. The van der Waals surface area contributed by atoms with Gasteiger partial charge in [-0.15, -0.1) is 11.3 Å². The molecule has 23 heavy (non-hydrogen) atoms. The van der Waals surface area contributed by atoms with Gasteiger partial charge in [0.2, 0.25) is 11.8 Å². The second kappa shape index (κ2) is 8.26. The predicted molar refractivity (Wildman–Crippen MR) is 91.6 cm³/mol. The molecule has 0 spiro atoms. The maximum Gasteiger partial charge on any atom is 0.236 e. The van der Waals surface area contributed by atoms with Crippen LogP contribution in [0.15, 0.2) is 21.9 Å². The molecule has 0 aliphatic rings. The predicted octanol–water partition coefficient (Wildman–Crippen LogP) is 3.39. The lowest BCUT2D eigenvalue weighted by Gasteiger charge is -2.24. The molecule has 6 heteroatoms. The molecule has 0 aliphatic heterocycles. The highest BCUT2D eigenvalue weighted by Gasteiger charge is 2.20. The lowest BCUT2D eigenvalue weighted by atomic mass is 10.2. The quantitative estimate of drug-likeness (QED) is 0.741. The molecule has 0 aromatic carbocycles. The average Bonchev–Trinajstić information content (AvgIpc) is 3.13. The highest BCUT2D eigenvalue weighted by Crippen LogP contribution is 2.26. The van der Waals surface area contributed by atoms with Crippen molar-refractivity contribution >= 4 is 17.2 Å². The summed E-state index contributed by atoms with van der Waals surface area (Å²) in [6.45, 7) is 7.91. The minimum absolute atomic E-state index is 0.0601. The summed E-state index contributed by atoms with van der Waals surface area (Å²) in [6.07, 6.45) is 0.261. The van der Waals surface area contributed by atoms with Crippen molar-refractivity contribution in [3.63, 3.8) is 0 Å². The fourth-order valence-electron chi connectivity index (χ4n) is 2.31. The number of oxazole rings is 1. The molecule has 0 bridgehead atoms. The van der Waals surface area contributed by atoms with Crippen LogP contribution in [0.1, 0.15) is 25.3 Å². The van der Waals surface area contributed by atoms with Crippen LogP contribution in [0.2, 0.25) is 0 Å². The van der Waals surface area contributed by atoms with Gasteiger partial charge in [-0.05, 0) is 24.3 Å². The second-order valence-electron chi connectivity index (χ2n) is 5.90. The minimum Gasteiger partial charge on any atom is -0.440 e. The van der Waals surface area contributed by atoms with Crippen molar-refractivity contribution in [2.24, 2.45) is 5.92 Å². The number of aryl methyl sites for hydroxylation is 1. The molecule has 0 N–H and O–H groups in total. The standard InChI is InChI=1S/C17H24N2O3S/c1-12(2)11-19(7-8-21-4)16(20)10-14-13(3)22-17(18-14)15-6-5-9-23-15/h5-6,9,12H,7-8,10-11H2,1-4H3. The van der Waals surface area contributed by atoms with Crippen molar-refractivity contribution in [1.29, 1.82) is 0 Å². The topological polar surface area (TPSA) is 55.6 Å². The Kier molecular flexibility index (Phi) is 6.36. The Balaban J connectivity index is 2.08. The van der Waals surface area contributed by atoms with Crippen molar-refractivity contribution in [2.75, 3.05) is 26.8 Å². The zero-order valence-electron chi connectivity index (χ0n) is 14.2. The number of rotatable bonds is 8. The van der Waals surface area contributed by atoms with Gasteiger partial charge in [-0.1, -0.05) is 19.9 Å². The van der Waals surface area contributed by atoms with Crippen LogP contribution in [0.4, 0.5) is 0 Å². The molecule has 1 amide bonds. The van der Waals surface area contributed by atoms with Crippen LogP contribution in [0.5, 0.6) is 0 Å². The molecule has 0 radical (unpaired) electrons. The Morgan fingerprint density at radius 3 is 2.87 bits per heavy atom. The van der Waals surface area contributed by atoms with E-state index in [0.29, 0.717) is 36.4 Å². The molecule has 2 heterocycles. The maximum atomic E-state index is 12.6. The number of nitrogens with zero attached hydrogens (tertiary/aromatic N) is 2. The van der Waals surface area contributed by atoms with Gasteiger partial charge in [-0.25, -0.2) is 4.98 Å². The number of hydrogen-bond donors (Lipinski definition) is 0. The van der Waals surface area contributed by atoms with Crippen LogP contribution in [-0.2, 0) is 16.0 Å². The Labute approximate surface area is 141 Å². The van der Waals surface area contributed by atoms with E-state index in [1.54, 1.807) is 18.4 Å². The molecule has 2 aromatic heterocycles. The summed E-state index contributed by atoms with van der Waals surface area (Å²) in [7, 11) is 1.65. The molecule has 0 saturated carbocycles. The molecule has 0 fully saturated rings. The first-order valence-electron chi connectivity index (χ1n) is 7.78. The SMILES string of the molecule is COCCN(CC(C)C)C(=O)Cc1nc(-c2cccs2)oc1C. The fourth-order valence-corrected chi connectivity index (χ4v) is 2.96. The van der Waals surface area contributed by atoms with E-state index >= 15 is 0 Å². The molecule has 0 saturated heterocycles. The lowest BCUT2D eigenvalue weighted by Crippen LogP contribution is -2.37. The number of aromatic nitrogens is 1. The first-order valence-corrected chi connectivity index (χ1v) is 8.66.